The number of pyridine rings is 1. The predicted molar refractivity (Wildman–Crippen MR) is 147 cm³/mol. The molecule has 0 radical (unpaired) electrons. The lowest BCUT2D eigenvalue weighted by atomic mass is 10.0. The molecular weight excluding hydrogens is 533 g/mol. The number of piperazine rings is 1. The van der Waals surface area contributed by atoms with E-state index in [1.807, 2.05) is 17.0 Å². The van der Waals surface area contributed by atoms with E-state index in [2.05, 4.69) is 42.9 Å². The van der Waals surface area contributed by atoms with Gasteiger partial charge in [-0.1, -0.05) is 12.0 Å². The van der Waals surface area contributed by atoms with E-state index in [9.17, 15) is 18.0 Å². The van der Waals surface area contributed by atoms with Crippen molar-refractivity contribution in [2.75, 3.05) is 36.8 Å². The first-order valence-electron chi connectivity index (χ1n) is 13.4. The number of rotatable bonds is 5. The summed E-state index contributed by atoms with van der Waals surface area (Å²) in [7, 11) is 0. The molecule has 6 rings (SSSR count). The lowest BCUT2D eigenvalue weighted by molar-refractivity contribution is -0.138. The van der Waals surface area contributed by atoms with Gasteiger partial charge in [0.05, 0.1) is 17.5 Å². The maximum atomic E-state index is 13.8. The summed E-state index contributed by atoms with van der Waals surface area (Å²) in [4.78, 5) is 23.1. The second-order valence-electron chi connectivity index (χ2n) is 10.1. The van der Waals surface area contributed by atoms with Gasteiger partial charge in [-0.2, -0.15) is 18.3 Å². The van der Waals surface area contributed by atoms with Gasteiger partial charge in [-0.3, -0.25) is 10.2 Å². The average Bonchev–Trinajstić information content (AvgIpc) is 3.73. The Balaban J connectivity index is 1.14. The number of carbonyl (C=O) groups excluding carboxylic acids is 1. The van der Waals surface area contributed by atoms with Gasteiger partial charge in [0.2, 0.25) is 0 Å². The second kappa shape index (κ2) is 11.2. The number of hydrogen-bond acceptors (Lipinski definition) is 6. The van der Waals surface area contributed by atoms with E-state index in [1.54, 1.807) is 22.8 Å². The lowest BCUT2D eigenvalue weighted by Crippen LogP contribution is -2.43. The van der Waals surface area contributed by atoms with Crippen molar-refractivity contribution < 1.29 is 18.0 Å². The smallest absolute Gasteiger partial charge is 0.314 e. The lowest BCUT2D eigenvalue weighted by Gasteiger charge is -2.28. The molecule has 0 spiro atoms. The van der Waals surface area contributed by atoms with E-state index >= 15 is 0 Å². The Labute approximate surface area is 234 Å². The molecule has 2 aliphatic rings. The molecule has 1 saturated heterocycles. The van der Waals surface area contributed by atoms with E-state index in [4.69, 9.17) is 0 Å². The second-order valence-corrected chi connectivity index (χ2v) is 10.1. The van der Waals surface area contributed by atoms with E-state index in [0.717, 1.165) is 37.7 Å². The number of fused-ring (bicyclic) bond motifs is 1. The molecule has 1 aliphatic heterocycles. The van der Waals surface area contributed by atoms with Gasteiger partial charge in [0.1, 0.15) is 11.5 Å². The van der Waals surface area contributed by atoms with E-state index in [1.165, 1.54) is 18.3 Å². The van der Waals surface area contributed by atoms with Crippen LogP contribution < -0.4 is 16.0 Å². The van der Waals surface area contributed by atoms with Gasteiger partial charge in [0.15, 0.2) is 5.65 Å². The molecule has 2 fully saturated rings. The number of anilines is 2. The molecule has 3 aromatic heterocycles. The van der Waals surface area contributed by atoms with Crippen LogP contribution in [-0.4, -0.2) is 56.7 Å². The molecule has 1 saturated carbocycles. The number of halogens is 3. The van der Waals surface area contributed by atoms with Crippen molar-refractivity contribution in [1.29, 1.82) is 0 Å². The van der Waals surface area contributed by atoms with E-state index < -0.39 is 17.8 Å². The predicted octanol–water partition coefficient (Wildman–Crippen LogP) is 4.47. The summed E-state index contributed by atoms with van der Waals surface area (Å²) in [5.41, 5.74) is 2.38. The molecule has 12 heteroatoms. The zero-order valence-electron chi connectivity index (χ0n) is 22.0. The van der Waals surface area contributed by atoms with Crippen LogP contribution >= 0.6 is 0 Å². The topological polar surface area (TPSA) is 99.5 Å². The zero-order chi connectivity index (χ0) is 28.4. The van der Waals surface area contributed by atoms with Crippen LogP contribution in [0.3, 0.4) is 0 Å². The van der Waals surface area contributed by atoms with Crippen LogP contribution in [0.15, 0.2) is 54.9 Å². The summed E-state index contributed by atoms with van der Waals surface area (Å²) in [6.07, 6.45) is 0.872. The van der Waals surface area contributed by atoms with Crippen molar-refractivity contribution in [3.63, 3.8) is 0 Å². The quantitative estimate of drug-likeness (QED) is 0.312. The summed E-state index contributed by atoms with van der Waals surface area (Å²) in [5, 5.41) is 12.9. The summed E-state index contributed by atoms with van der Waals surface area (Å²) in [6, 6.07) is 10.3. The van der Waals surface area contributed by atoms with Crippen LogP contribution in [0.4, 0.5) is 29.5 Å². The Bertz CT molecular complexity index is 1650. The Morgan fingerprint density at radius 2 is 1.85 bits per heavy atom. The normalized spacial score (nSPS) is 15.8. The molecule has 2 amide bonds. The Hall–Kier alpha value is -4.47. The molecule has 4 heterocycles. The first kappa shape index (κ1) is 26.7. The number of nitrogens with one attached hydrogen (secondary N) is 3. The number of benzene rings is 1. The van der Waals surface area contributed by atoms with Crippen LogP contribution in [0.25, 0.3) is 5.65 Å². The standard InChI is InChI=1S/C29H27F3N8O/c30-29(31,32)24-16-22(5-4-21(24)18-39-13-11-33-12-14-39)36-28(41)37-26-15-19(9-10-34-26)1-6-23-17-35-27-8-7-25(20-2-3-20)38-40(23)27/h4-5,7-10,15-17,20,33H,2-3,11-14,18H2,(H2,34,36,37,41). The van der Waals surface area contributed by atoms with Crippen LogP contribution in [0.5, 0.6) is 0 Å². The van der Waals surface area contributed by atoms with Gasteiger partial charge >= 0.3 is 12.2 Å². The molecular formula is C29H27F3N8O. The first-order valence-corrected chi connectivity index (χ1v) is 13.4. The summed E-state index contributed by atoms with van der Waals surface area (Å²) in [6.45, 7) is 3.01. The molecule has 0 unspecified atom stereocenters. The van der Waals surface area contributed by atoms with Crippen molar-refractivity contribution in [2.24, 2.45) is 0 Å². The van der Waals surface area contributed by atoms with E-state index in [0.29, 0.717) is 35.9 Å². The third-order valence-electron chi connectivity index (χ3n) is 6.99. The van der Waals surface area contributed by atoms with Gasteiger partial charge in [0.25, 0.3) is 0 Å². The van der Waals surface area contributed by atoms with Gasteiger partial charge in [-0.05, 0) is 60.7 Å². The molecule has 4 aromatic rings. The zero-order valence-corrected chi connectivity index (χ0v) is 22.0. The highest BCUT2D eigenvalue weighted by atomic mass is 19.4. The first-order chi connectivity index (χ1) is 19.8. The Morgan fingerprint density at radius 3 is 2.63 bits per heavy atom. The van der Waals surface area contributed by atoms with Gasteiger partial charge in [-0.25, -0.2) is 19.3 Å². The number of amides is 2. The van der Waals surface area contributed by atoms with Crippen LogP contribution in [0, 0.1) is 11.8 Å². The van der Waals surface area contributed by atoms with Gasteiger partial charge < -0.3 is 10.6 Å². The van der Waals surface area contributed by atoms with Gasteiger partial charge in [-0.15, -0.1) is 0 Å². The number of urea groups is 1. The maximum absolute atomic E-state index is 13.8. The minimum atomic E-state index is -4.55. The van der Waals surface area contributed by atoms with Crippen LogP contribution in [0.2, 0.25) is 0 Å². The summed E-state index contributed by atoms with van der Waals surface area (Å²) >= 11 is 0. The Kier molecular flexibility index (Phi) is 7.30. The number of imidazole rings is 1. The minimum absolute atomic E-state index is 0.0282. The van der Waals surface area contributed by atoms with Crippen molar-refractivity contribution in [3.8, 4) is 11.8 Å². The number of hydrogen-bond donors (Lipinski definition) is 3. The third-order valence-corrected chi connectivity index (χ3v) is 6.99. The molecule has 1 aromatic carbocycles. The monoisotopic (exact) mass is 560 g/mol. The fraction of sp³-hybridized carbons (Fsp3) is 0.310. The number of alkyl halides is 3. The molecule has 1 aliphatic carbocycles. The maximum Gasteiger partial charge on any atom is 0.416 e. The van der Waals surface area contributed by atoms with Crippen LogP contribution in [0.1, 0.15) is 46.8 Å². The van der Waals surface area contributed by atoms with Crippen molar-refractivity contribution in [1.82, 2.24) is 29.8 Å². The fourth-order valence-corrected chi connectivity index (χ4v) is 4.73. The third kappa shape index (κ3) is 6.48. The Morgan fingerprint density at radius 1 is 1.02 bits per heavy atom. The number of aromatic nitrogens is 4. The highest BCUT2D eigenvalue weighted by Gasteiger charge is 2.34. The average molecular weight is 561 g/mol. The fourth-order valence-electron chi connectivity index (χ4n) is 4.73. The summed E-state index contributed by atoms with van der Waals surface area (Å²) < 4.78 is 43.2. The van der Waals surface area contributed by atoms with Crippen LogP contribution in [-0.2, 0) is 12.7 Å². The van der Waals surface area contributed by atoms with Crippen molar-refractivity contribution in [2.45, 2.75) is 31.5 Å². The highest BCUT2D eigenvalue weighted by Crippen LogP contribution is 2.38. The van der Waals surface area contributed by atoms with Crippen molar-refractivity contribution >= 4 is 23.2 Å². The molecule has 3 N–H and O–H groups in total. The SMILES string of the molecule is O=C(Nc1ccc(CN2CCNCC2)c(C(F)(F)F)c1)Nc1cc(C#Cc2cnc3ccc(C4CC4)nn23)ccn1. The molecule has 210 valence electrons. The molecule has 9 nitrogen and oxygen atoms in total. The van der Waals surface area contributed by atoms with E-state index in [-0.39, 0.29) is 23.6 Å². The number of carbonyl (C=O) groups is 1. The summed E-state index contributed by atoms with van der Waals surface area (Å²) in [5.74, 6) is 6.80. The molecule has 0 atom stereocenters. The highest BCUT2D eigenvalue weighted by molar-refractivity contribution is 5.99. The van der Waals surface area contributed by atoms with Crippen molar-refractivity contribution in [3.05, 3.63) is 82.9 Å². The minimum Gasteiger partial charge on any atom is -0.314 e. The molecule has 41 heavy (non-hydrogen) atoms. The van der Waals surface area contributed by atoms with Gasteiger partial charge in [0, 0.05) is 56.1 Å². The largest absolute Gasteiger partial charge is 0.416 e. The molecule has 0 bridgehead atoms. The number of nitrogens with zero attached hydrogens (tertiary/aromatic N) is 5.